The molecule has 0 aromatic carbocycles. The molecule has 2 heterocycles. The molecular weight excluding hydrogens is 208 g/mol. The molecule has 0 amide bonds. The van der Waals surface area contributed by atoms with Gasteiger partial charge in [0.25, 0.3) is 0 Å². The highest BCUT2D eigenvalue weighted by Crippen LogP contribution is 2.09. The number of imidazole rings is 1. The average Bonchev–Trinajstić information content (AvgIpc) is 2.83. The summed E-state index contributed by atoms with van der Waals surface area (Å²) in [5.41, 5.74) is 7.81. The molecule has 5 heteroatoms. The summed E-state index contributed by atoms with van der Waals surface area (Å²) in [7, 11) is 0. The number of nitrogens with two attached hydrogens (primary N) is 1. The number of nitrogens with zero attached hydrogens (tertiary/aromatic N) is 3. The van der Waals surface area contributed by atoms with Gasteiger partial charge in [-0.05, 0) is 6.92 Å². The first-order valence-electron chi connectivity index (χ1n) is 4.89. The summed E-state index contributed by atoms with van der Waals surface area (Å²) in [6.07, 6.45) is 4.57. The Morgan fingerprint density at radius 2 is 2.40 bits per heavy atom. The van der Waals surface area contributed by atoms with Crippen LogP contribution in [0, 0.1) is 6.92 Å². The maximum absolute atomic E-state index is 5.59. The van der Waals surface area contributed by atoms with Gasteiger partial charge in [0.1, 0.15) is 0 Å². The molecule has 0 bridgehead atoms. The molecule has 0 spiro atoms. The number of hydrogen-bond donors (Lipinski definition) is 1. The van der Waals surface area contributed by atoms with Crippen molar-refractivity contribution in [1.29, 1.82) is 0 Å². The minimum absolute atomic E-state index is 0.538. The van der Waals surface area contributed by atoms with Crippen molar-refractivity contribution in [3.63, 3.8) is 0 Å². The van der Waals surface area contributed by atoms with Crippen molar-refractivity contribution in [3.8, 4) is 0 Å². The monoisotopic (exact) mass is 222 g/mol. The fourth-order valence-electron chi connectivity index (χ4n) is 1.48. The van der Waals surface area contributed by atoms with Crippen LogP contribution in [-0.2, 0) is 19.5 Å². The Balaban J connectivity index is 1.98. The molecule has 80 valence electrons. The molecule has 2 aromatic heterocycles. The average molecular weight is 222 g/mol. The van der Waals surface area contributed by atoms with E-state index < -0.39 is 0 Å². The van der Waals surface area contributed by atoms with Crippen LogP contribution >= 0.6 is 11.3 Å². The first-order chi connectivity index (χ1) is 7.29. The second-order valence-electron chi connectivity index (χ2n) is 3.39. The Kier molecular flexibility index (Phi) is 3.13. The van der Waals surface area contributed by atoms with Gasteiger partial charge in [-0.25, -0.2) is 9.97 Å². The lowest BCUT2D eigenvalue weighted by molar-refractivity contribution is 0.654. The Morgan fingerprint density at radius 3 is 3.07 bits per heavy atom. The molecule has 0 atom stereocenters. The van der Waals surface area contributed by atoms with Gasteiger partial charge in [0.15, 0.2) is 0 Å². The van der Waals surface area contributed by atoms with Crippen molar-refractivity contribution in [1.82, 2.24) is 14.5 Å². The lowest BCUT2D eigenvalue weighted by atomic mass is 10.3. The molecule has 4 nitrogen and oxygen atoms in total. The molecule has 15 heavy (non-hydrogen) atoms. The van der Waals surface area contributed by atoms with E-state index in [1.807, 2.05) is 19.4 Å². The molecule has 2 rings (SSSR count). The first kappa shape index (κ1) is 10.3. The molecule has 0 saturated heterocycles. The number of aryl methyl sites for hydroxylation is 3. The van der Waals surface area contributed by atoms with E-state index in [0.29, 0.717) is 6.54 Å². The highest BCUT2D eigenvalue weighted by molar-refractivity contribution is 7.09. The molecule has 0 radical (unpaired) electrons. The molecule has 2 N–H and O–H groups in total. The van der Waals surface area contributed by atoms with Gasteiger partial charge in [0, 0.05) is 31.1 Å². The van der Waals surface area contributed by atoms with Crippen LogP contribution in [0.1, 0.15) is 16.4 Å². The minimum Gasteiger partial charge on any atom is -0.333 e. The van der Waals surface area contributed by atoms with Crippen LogP contribution in [0.5, 0.6) is 0 Å². The quantitative estimate of drug-likeness (QED) is 0.849. The van der Waals surface area contributed by atoms with E-state index in [2.05, 4.69) is 19.9 Å². The van der Waals surface area contributed by atoms with Crippen LogP contribution in [0.4, 0.5) is 0 Å². The van der Waals surface area contributed by atoms with Crippen molar-refractivity contribution in [2.24, 2.45) is 5.73 Å². The maximum Gasteiger partial charge on any atom is 0.0948 e. The highest BCUT2D eigenvalue weighted by atomic mass is 32.1. The Morgan fingerprint density at radius 1 is 1.53 bits per heavy atom. The molecular formula is C10H14N4S. The molecule has 0 aliphatic heterocycles. The molecule has 0 saturated carbocycles. The first-order valence-corrected chi connectivity index (χ1v) is 5.77. The summed E-state index contributed by atoms with van der Waals surface area (Å²) in [5.74, 6) is 0. The lowest BCUT2D eigenvalue weighted by Crippen LogP contribution is -2.08. The van der Waals surface area contributed by atoms with E-state index in [1.54, 1.807) is 11.3 Å². The zero-order valence-corrected chi connectivity index (χ0v) is 9.50. The number of thiazole rings is 1. The van der Waals surface area contributed by atoms with E-state index >= 15 is 0 Å². The van der Waals surface area contributed by atoms with Crippen LogP contribution in [0.15, 0.2) is 17.9 Å². The fourth-order valence-corrected chi connectivity index (χ4v) is 2.12. The van der Waals surface area contributed by atoms with Crippen LogP contribution in [0.3, 0.4) is 0 Å². The van der Waals surface area contributed by atoms with Gasteiger partial charge in [-0.15, -0.1) is 11.3 Å². The van der Waals surface area contributed by atoms with Crippen LogP contribution in [-0.4, -0.2) is 14.5 Å². The van der Waals surface area contributed by atoms with E-state index in [-0.39, 0.29) is 0 Å². The van der Waals surface area contributed by atoms with E-state index in [4.69, 9.17) is 5.73 Å². The van der Waals surface area contributed by atoms with E-state index in [1.165, 1.54) is 0 Å². The Hall–Kier alpha value is -1.20. The van der Waals surface area contributed by atoms with E-state index in [9.17, 15) is 0 Å². The second kappa shape index (κ2) is 4.55. The number of aromatic nitrogens is 3. The summed E-state index contributed by atoms with van der Waals surface area (Å²) < 4.78 is 2.08. The summed E-state index contributed by atoms with van der Waals surface area (Å²) in [4.78, 5) is 8.49. The lowest BCUT2D eigenvalue weighted by Gasteiger charge is -2.04. The predicted octanol–water partition coefficient (Wildman–Crippen LogP) is 1.35. The summed E-state index contributed by atoms with van der Waals surface area (Å²) >= 11 is 1.69. The third kappa shape index (κ3) is 2.43. The summed E-state index contributed by atoms with van der Waals surface area (Å²) in [5, 5.41) is 3.23. The van der Waals surface area contributed by atoms with Crippen LogP contribution in [0.2, 0.25) is 0 Å². The normalized spacial score (nSPS) is 10.8. The SMILES string of the molecule is Cc1nc(CCn2cncc2CN)cs1. The third-order valence-electron chi connectivity index (χ3n) is 2.28. The number of hydrogen-bond acceptors (Lipinski definition) is 4. The Labute approximate surface area is 92.8 Å². The molecule has 0 aliphatic rings. The van der Waals surface area contributed by atoms with Gasteiger partial charge >= 0.3 is 0 Å². The largest absolute Gasteiger partial charge is 0.333 e. The molecule has 0 unspecified atom stereocenters. The molecule has 0 aliphatic carbocycles. The summed E-state index contributed by atoms with van der Waals surface area (Å²) in [6, 6.07) is 0. The summed E-state index contributed by atoms with van der Waals surface area (Å²) in [6.45, 7) is 3.46. The van der Waals surface area contributed by atoms with E-state index in [0.717, 1.165) is 29.4 Å². The standard InChI is InChI=1S/C10H14N4S/c1-8-13-9(6-15-8)2-3-14-7-12-5-10(14)4-11/h5-7H,2-4,11H2,1H3. The number of rotatable bonds is 4. The minimum atomic E-state index is 0.538. The van der Waals surface area contributed by atoms with Gasteiger partial charge in [-0.1, -0.05) is 0 Å². The van der Waals surface area contributed by atoms with Crippen molar-refractivity contribution >= 4 is 11.3 Å². The maximum atomic E-state index is 5.59. The second-order valence-corrected chi connectivity index (χ2v) is 4.45. The zero-order valence-electron chi connectivity index (χ0n) is 8.68. The van der Waals surface area contributed by atoms with Crippen molar-refractivity contribution in [2.75, 3.05) is 0 Å². The zero-order chi connectivity index (χ0) is 10.7. The van der Waals surface area contributed by atoms with Gasteiger partial charge < -0.3 is 10.3 Å². The topological polar surface area (TPSA) is 56.7 Å². The highest BCUT2D eigenvalue weighted by Gasteiger charge is 2.02. The van der Waals surface area contributed by atoms with Crippen molar-refractivity contribution in [2.45, 2.75) is 26.4 Å². The Bertz CT molecular complexity index is 432. The molecule has 0 fully saturated rings. The van der Waals surface area contributed by atoms with Gasteiger partial charge in [0.2, 0.25) is 0 Å². The third-order valence-corrected chi connectivity index (χ3v) is 3.11. The van der Waals surface area contributed by atoms with Crippen LogP contribution in [0.25, 0.3) is 0 Å². The molecule has 2 aromatic rings. The van der Waals surface area contributed by atoms with Gasteiger partial charge in [-0.3, -0.25) is 0 Å². The smallest absolute Gasteiger partial charge is 0.0948 e. The van der Waals surface area contributed by atoms with Gasteiger partial charge in [-0.2, -0.15) is 0 Å². The van der Waals surface area contributed by atoms with Crippen molar-refractivity contribution in [3.05, 3.63) is 34.3 Å². The van der Waals surface area contributed by atoms with Crippen molar-refractivity contribution < 1.29 is 0 Å². The van der Waals surface area contributed by atoms with Gasteiger partial charge in [0.05, 0.1) is 22.7 Å². The van der Waals surface area contributed by atoms with Crippen LogP contribution < -0.4 is 5.73 Å². The fraction of sp³-hybridized carbons (Fsp3) is 0.400. The predicted molar refractivity (Wildman–Crippen MR) is 60.7 cm³/mol.